The van der Waals surface area contributed by atoms with Crippen LogP contribution in [0.4, 0.5) is 0 Å². The summed E-state index contributed by atoms with van der Waals surface area (Å²) in [6.07, 6.45) is 0. The molecule has 0 radical (unpaired) electrons. The van der Waals surface area contributed by atoms with Crippen molar-refractivity contribution in [3.8, 4) is 22.3 Å². The first-order valence-electron chi connectivity index (χ1n) is 32.5. The molecule has 3 saturated heterocycles. The molecule has 0 N–H and O–H groups in total. The molecule has 0 spiro atoms. The van der Waals surface area contributed by atoms with Crippen molar-refractivity contribution in [1.82, 2.24) is 0 Å². The van der Waals surface area contributed by atoms with Crippen molar-refractivity contribution in [3.63, 3.8) is 0 Å². The molecule has 3 aliphatic rings. The summed E-state index contributed by atoms with van der Waals surface area (Å²) in [7, 11) is -1.37. The molecule has 16 aromatic carbocycles. The van der Waals surface area contributed by atoms with Crippen LogP contribution in [0.1, 0.15) is 83.1 Å². The van der Waals surface area contributed by atoms with Gasteiger partial charge in [-0.3, -0.25) is 0 Å². The van der Waals surface area contributed by atoms with Gasteiger partial charge in [0.1, 0.15) is 0 Å². The number of rotatable bonds is 4. The van der Waals surface area contributed by atoms with Crippen LogP contribution in [0.3, 0.4) is 0 Å². The first kappa shape index (κ1) is 58.0. The quantitative estimate of drug-likeness (QED) is 0.164. The van der Waals surface area contributed by atoms with Crippen LogP contribution in [0.25, 0.3) is 152 Å². The van der Waals surface area contributed by atoms with Crippen molar-refractivity contribution in [2.24, 2.45) is 0 Å². The zero-order valence-electron chi connectivity index (χ0n) is 54.2. The van der Waals surface area contributed by atoms with Crippen LogP contribution in [0, 0.1) is 0 Å². The summed E-state index contributed by atoms with van der Waals surface area (Å²) in [6, 6.07) is 75.9. The SMILES string of the molecule is Brc1ccc2c3c1cccc3c1c(-c3ccccc3)c3cccc4c5ccccc5c(c34)c21.CC1(C)OB(B2OC(C)(C)C(C)(C)O2)OC1(C)C.CC1(C)OB(c2ccc3c4c2cccc4c2c(-c4ccccc4)c4cccc5c6ccccc6c(c45)c32)OC1(C)C. The predicted molar refractivity (Wildman–Crippen MR) is 394 cm³/mol. The van der Waals surface area contributed by atoms with Crippen LogP contribution in [0.15, 0.2) is 211 Å². The molecule has 0 saturated carbocycles. The van der Waals surface area contributed by atoms with Crippen molar-refractivity contribution in [3.05, 3.63) is 211 Å². The molecule has 0 unspecified atom stereocenters. The number of hydrogen-bond acceptors (Lipinski definition) is 6. The molecule has 0 aliphatic carbocycles. The van der Waals surface area contributed by atoms with E-state index in [1.54, 1.807) is 0 Å². The van der Waals surface area contributed by atoms with Gasteiger partial charge < -0.3 is 27.9 Å². The molecule has 450 valence electrons. The van der Waals surface area contributed by atoms with E-state index in [1.807, 2.05) is 55.4 Å². The lowest BCUT2D eigenvalue weighted by Gasteiger charge is -2.32. The normalized spacial score (nSPS) is 18.2. The van der Waals surface area contributed by atoms with Crippen LogP contribution in [-0.4, -0.2) is 54.7 Å². The average Bonchev–Trinajstić information content (AvgIpc) is 1.52. The Hall–Kier alpha value is -7.89. The second kappa shape index (κ2) is 20.1. The van der Waals surface area contributed by atoms with Gasteiger partial charge in [-0.2, -0.15) is 0 Å². The minimum atomic E-state index is -0.476. The Kier molecular flexibility index (Phi) is 12.6. The third-order valence-corrected chi connectivity index (χ3v) is 22.9. The summed E-state index contributed by atoms with van der Waals surface area (Å²) in [5, 5.41) is 32.0. The third kappa shape index (κ3) is 8.17. The molecule has 16 aromatic rings. The minimum Gasteiger partial charge on any atom is -0.405 e. The standard InChI is InChI=1S/C38H29BO2.C32H17Br.C12H24B2O4/c1-37(2)38(3,4)41-39(40-37)30-21-20-29-32-26(30)17-11-19-28(32)35-31(22-12-6-5-7-13-22)27-18-10-16-24-23-14-8-9-15-25(23)34(33(24)27)36(29)35;33-26-17-16-25-28-22(26)13-7-15-24(28)31-27(18-8-2-1-3-9-18)23-14-6-12-20-19-10-4-5-11-21(19)30(29(20)23)32(25)31;1-9(2)10(3,4)16-13(15-9)14-17-11(5,6)12(7,8)18-14/h5-21H,1-4H3;1-17H;1-8H3. The highest BCUT2D eigenvalue weighted by molar-refractivity contribution is 9.10. The second-order valence-electron chi connectivity index (χ2n) is 28.9. The summed E-state index contributed by atoms with van der Waals surface area (Å²) >= 11 is 3.82. The summed E-state index contributed by atoms with van der Waals surface area (Å²) < 4.78 is 38.1. The largest absolute Gasteiger partial charge is 0.495 e. The van der Waals surface area contributed by atoms with E-state index in [9.17, 15) is 0 Å². The van der Waals surface area contributed by atoms with Gasteiger partial charge >= 0.3 is 21.1 Å². The lowest BCUT2D eigenvalue weighted by Crippen LogP contribution is -2.41. The summed E-state index contributed by atoms with van der Waals surface area (Å²) in [5.41, 5.74) is 4.05. The highest BCUT2D eigenvalue weighted by atomic mass is 79.9. The fraction of sp³-hybridized carbons (Fsp3) is 0.220. The summed E-state index contributed by atoms with van der Waals surface area (Å²) in [6.45, 7) is 24.7. The second-order valence-corrected chi connectivity index (χ2v) is 29.7. The van der Waals surface area contributed by atoms with E-state index < -0.39 is 32.3 Å². The minimum absolute atomic E-state index is 0.360. The molecule has 10 heteroatoms. The van der Waals surface area contributed by atoms with E-state index in [4.69, 9.17) is 27.9 Å². The number of benzene rings is 12. The summed E-state index contributed by atoms with van der Waals surface area (Å²) in [4.78, 5) is 0. The molecule has 0 atom stereocenters. The van der Waals surface area contributed by atoms with Crippen LogP contribution in [0.2, 0.25) is 0 Å². The number of fused-ring (bicyclic) bond motifs is 14. The van der Waals surface area contributed by atoms with Crippen molar-refractivity contribution in [2.75, 3.05) is 0 Å². The van der Waals surface area contributed by atoms with E-state index >= 15 is 0 Å². The van der Waals surface area contributed by atoms with Crippen LogP contribution in [0.5, 0.6) is 0 Å². The zero-order valence-corrected chi connectivity index (χ0v) is 55.8. The van der Waals surface area contributed by atoms with Gasteiger partial charge in [-0.1, -0.05) is 216 Å². The highest BCUT2D eigenvalue weighted by Gasteiger charge is 2.64. The Morgan fingerprint density at radius 3 is 0.957 bits per heavy atom. The topological polar surface area (TPSA) is 55.4 Å². The number of halogens is 1. The fourth-order valence-electron chi connectivity index (χ4n) is 15.6. The molecule has 3 aliphatic heterocycles. The Labute approximate surface area is 545 Å². The van der Waals surface area contributed by atoms with Crippen molar-refractivity contribution >= 4 is 172 Å². The lowest BCUT2D eigenvalue weighted by atomic mass is 9.49. The Bertz CT molecular complexity index is 5570. The molecule has 92 heavy (non-hydrogen) atoms. The molecule has 0 aromatic heterocycles. The maximum atomic E-state index is 6.57. The first-order chi connectivity index (χ1) is 44.1. The predicted octanol–water partition coefficient (Wildman–Crippen LogP) is 21.6. The maximum Gasteiger partial charge on any atom is 0.495 e. The van der Waals surface area contributed by atoms with Crippen LogP contribution >= 0.6 is 15.9 Å². The highest BCUT2D eigenvalue weighted by Crippen LogP contribution is 2.56. The van der Waals surface area contributed by atoms with Crippen LogP contribution < -0.4 is 5.46 Å². The molecular weight excluding hydrogens is 1190 g/mol. The lowest BCUT2D eigenvalue weighted by molar-refractivity contribution is 0.00578. The Morgan fingerprint density at radius 1 is 0.228 bits per heavy atom. The van der Waals surface area contributed by atoms with Crippen molar-refractivity contribution < 1.29 is 27.9 Å². The smallest absolute Gasteiger partial charge is 0.405 e. The molecule has 0 amide bonds. The Balaban J connectivity index is 0.000000114. The summed E-state index contributed by atoms with van der Waals surface area (Å²) in [5.74, 6) is 0. The molecule has 6 nitrogen and oxygen atoms in total. The molecule has 0 bridgehead atoms. The van der Waals surface area contributed by atoms with Gasteiger partial charge in [0.2, 0.25) is 0 Å². The van der Waals surface area contributed by atoms with E-state index in [-0.39, 0.29) is 22.4 Å². The van der Waals surface area contributed by atoms with E-state index in [1.165, 1.54) is 152 Å². The Morgan fingerprint density at radius 2 is 0.522 bits per heavy atom. The number of hydrogen-bond donors (Lipinski definition) is 0. The molecule has 19 rings (SSSR count). The monoisotopic (exact) mass is 1260 g/mol. The molecular formula is C82H70B3BrO6. The van der Waals surface area contributed by atoms with E-state index in [0.717, 1.165) is 9.94 Å². The van der Waals surface area contributed by atoms with Gasteiger partial charge in [0.05, 0.1) is 33.6 Å². The van der Waals surface area contributed by atoms with Gasteiger partial charge in [0.15, 0.2) is 0 Å². The van der Waals surface area contributed by atoms with Gasteiger partial charge in [0.25, 0.3) is 0 Å². The van der Waals surface area contributed by atoms with Crippen molar-refractivity contribution in [1.29, 1.82) is 0 Å². The molecule has 3 heterocycles. The zero-order chi connectivity index (χ0) is 63.3. The first-order valence-corrected chi connectivity index (χ1v) is 33.3. The van der Waals surface area contributed by atoms with E-state index in [2.05, 4.69) is 250 Å². The van der Waals surface area contributed by atoms with Crippen LogP contribution in [-0.2, 0) is 27.9 Å². The van der Waals surface area contributed by atoms with E-state index in [0.29, 0.717) is 0 Å². The van der Waals surface area contributed by atoms with Gasteiger partial charge in [-0.15, -0.1) is 0 Å². The van der Waals surface area contributed by atoms with Gasteiger partial charge in [-0.25, -0.2) is 0 Å². The maximum absolute atomic E-state index is 6.57. The van der Waals surface area contributed by atoms with Gasteiger partial charge in [-0.05, 0) is 246 Å². The fourth-order valence-corrected chi connectivity index (χ4v) is 16.1. The van der Waals surface area contributed by atoms with Crippen molar-refractivity contribution in [2.45, 2.75) is 117 Å². The average molecular weight is 1260 g/mol. The molecule has 3 fully saturated rings. The van der Waals surface area contributed by atoms with Gasteiger partial charge in [0, 0.05) is 4.47 Å². The third-order valence-electron chi connectivity index (χ3n) is 22.2.